The molecule has 134 valence electrons. The number of aryl methyl sites for hydroxylation is 2. The second kappa shape index (κ2) is 7.96. The monoisotopic (exact) mass is 332 g/mol. The molecule has 0 aliphatic carbocycles. The number of likely N-dealkylation sites (tertiary alicyclic amines) is 2. The van der Waals surface area contributed by atoms with Crippen LogP contribution in [0.4, 0.5) is 0 Å². The lowest BCUT2D eigenvalue weighted by Crippen LogP contribution is -2.40. The Morgan fingerprint density at radius 3 is 2.38 bits per heavy atom. The van der Waals surface area contributed by atoms with Crippen LogP contribution in [0.5, 0.6) is 0 Å². The number of rotatable bonds is 5. The maximum Gasteiger partial charge on any atom is 0.0564 e. The van der Waals surface area contributed by atoms with Crippen molar-refractivity contribution >= 4 is 0 Å². The Morgan fingerprint density at radius 1 is 1.00 bits per heavy atom. The molecule has 0 aromatic heterocycles. The van der Waals surface area contributed by atoms with Crippen molar-refractivity contribution < 1.29 is 10.2 Å². The average Bonchev–Trinajstić information content (AvgIpc) is 2.94. The first-order valence-corrected chi connectivity index (χ1v) is 9.35. The van der Waals surface area contributed by atoms with Gasteiger partial charge in [0.15, 0.2) is 0 Å². The van der Waals surface area contributed by atoms with Crippen LogP contribution >= 0.6 is 0 Å². The molecule has 4 nitrogen and oxygen atoms in total. The van der Waals surface area contributed by atoms with Crippen LogP contribution in [0.2, 0.25) is 0 Å². The topological polar surface area (TPSA) is 46.9 Å². The van der Waals surface area contributed by atoms with Crippen LogP contribution in [0.25, 0.3) is 0 Å². The van der Waals surface area contributed by atoms with Gasteiger partial charge in [0.25, 0.3) is 0 Å². The summed E-state index contributed by atoms with van der Waals surface area (Å²) >= 11 is 0. The fraction of sp³-hybridized carbons (Fsp3) is 0.700. The Bertz CT molecular complexity index is 540. The second-order valence-electron chi connectivity index (χ2n) is 7.85. The molecule has 2 fully saturated rings. The molecule has 4 heteroatoms. The maximum absolute atomic E-state index is 9.79. The van der Waals surface area contributed by atoms with E-state index in [-0.39, 0.29) is 12.7 Å². The van der Waals surface area contributed by atoms with Crippen molar-refractivity contribution in [2.75, 3.05) is 39.3 Å². The summed E-state index contributed by atoms with van der Waals surface area (Å²) < 4.78 is 0. The van der Waals surface area contributed by atoms with Gasteiger partial charge in [-0.25, -0.2) is 0 Å². The quantitative estimate of drug-likeness (QED) is 0.863. The molecule has 0 amide bonds. The highest BCUT2D eigenvalue weighted by Gasteiger charge is 2.34. The first-order chi connectivity index (χ1) is 11.5. The number of aliphatic hydroxyl groups is 2. The molecule has 1 aromatic rings. The zero-order valence-electron chi connectivity index (χ0n) is 15.1. The minimum atomic E-state index is -0.111. The molecule has 0 saturated carbocycles. The predicted octanol–water partition coefficient (Wildman–Crippen LogP) is 1.80. The third-order valence-corrected chi connectivity index (χ3v) is 5.91. The van der Waals surface area contributed by atoms with Gasteiger partial charge in [0.1, 0.15) is 0 Å². The van der Waals surface area contributed by atoms with Crippen LogP contribution in [-0.4, -0.2) is 65.4 Å². The van der Waals surface area contributed by atoms with Gasteiger partial charge < -0.3 is 15.1 Å². The summed E-state index contributed by atoms with van der Waals surface area (Å²) in [6, 6.07) is 6.74. The van der Waals surface area contributed by atoms with Crippen LogP contribution in [0.1, 0.15) is 29.5 Å². The molecule has 2 N–H and O–H groups in total. The summed E-state index contributed by atoms with van der Waals surface area (Å²) in [7, 11) is 0. The molecule has 2 aliphatic rings. The molecule has 1 aromatic carbocycles. The van der Waals surface area contributed by atoms with Gasteiger partial charge in [-0.2, -0.15) is 0 Å². The van der Waals surface area contributed by atoms with Crippen molar-refractivity contribution in [1.29, 1.82) is 0 Å². The Labute approximate surface area is 146 Å². The van der Waals surface area contributed by atoms with E-state index in [9.17, 15) is 10.2 Å². The largest absolute Gasteiger partial charge is 0.396 e. The Balaban J connectivity index is 1.56. The molecule has 2 saturated heterocycles. The lowest BCUT2D eigenvalue weighted by atomic mass is 9.95. The van der Waals surface area contributed by atoms with E-state index >= 15 is 0 Å². The molecule has 3 rings (SSSR count). The number of hydrogen-bond donors (Lipinski definition) is 2. The van der Waals surface area contributed by atoms with Crippen molar-refractivity contribution in [2.45, 2.75) is 39.3 Å². The van der Waals surface area contributed by atoms with Crippen molar-refractivity contribution in [2.24, 2.45) is 11.8 Å². The SMILES string of the molecule is Cc1ccc(CN2C[C@@H](CN3CCC(O)CC3)[C@@H](CO)C2)cc1C. The van der Waals surface area contributed by atoms with Gasteiger partial charge in [-0.15, -0.1) is 0 Å². The zero-order valence-corrected chi connectivity index (χ0v) is 15.1. The molecule has 2 heterocycles. The van der Waals surface area contributed by atoms with E-state index in [4.69, 9.17) is 0 Å². The van der Waals surface area contributed by atoms with E-state index in [0.29, 0.717) is 11.8 Å². The fourth-order valence-corrected chi connectivity index (χ4v) is 4.17. The van der Waals surface area contributed by atoms with Gasteiger partial charge in [0.05, 0.1) is 6.10 Å². The minimum absolute atomic E-state index is 0.111. The van der Waals surface area contributed by atoms with Crippen molar-refractivity contribution in [3.05, 3.63) is 34.9 Å². The molecule has 0 unspecified atom stereocenters. The van der Waals surface area contributed by atoms with Crippen LogP contribution in [0.3, 0.4) is 0 Å². The summed E-state index contributed by atoms with van der Waals surface area (Å²) in [4.78, 5) is 4.97. The van der Waals surface area contributed by atoms with Crippen molar-refractivity contribution in [3.63, 3.8) is 0 Å². The Hall–Kier alpha value is -0.940. The van der Waals surface area contributed by atoms with Gasteiger partial charge >= 0.3 is 0 Å². The van der Waals surface area contributed by atoms with Gasteiger partial charge in [-0.1, -0.05) is 18.2 Å². The zero-order chi connectivity index (χ0) is 17.1. The molecular weight excluding hydrogens is 300 g/mol. The lowest BCUT2D eigenvalue weighted by molar-refractivity contribution is 0.0684. The van der Waals surface area contributed by atoms with E-state index < -0.39 is 0 Å². The predicted molar refractivity (Wildman–Crippen MR) is 96.9 cm³/mol. The van der Waals surface area contributed by atoms with Crippen LogP contribution < -0.4 is 0 Å². The maximum atomic E-state index is 9.79. The average molecular weight is 332 g/mol. The number of aliphatic hydroxyl groups excluding tert-OH is 2. The van der Waals surface area contributed by atoms with Crippen molar-refractivity contribution in [3.8, 4) is 0 Å². The smallest absolute Gasteiger partial charge is 0.0564 e. The molecule has 2 aliphatic heterocycles. The number of piperidine rings is 1. The highest BCUT2D eigenvalue weighted by Crippen LogP contribution is 2.27. The fourth-order valence-electron chi connectivity index (χ4n) is 4.17. The minimum Gasteiger partial charge on any atom is -0.396 e. The molecular formula is C20H32N2O2. The first kappa shape index (κ1) is 17.9. The van der Waals surface area contributed by atoms with E-state index in [1.54, 1.807) is 0 Å². The molecule has 24 heavy (non-hydrogen) atoms. The van der Waals surface area contributed by atoms with Crippen LogP contribution in [-0.2, 0) is 6.54 Å². The van der Waals surface area contributed by atoms with Gasteiger partial charge in [-0.3, -0.25) is 4.90 Å². The standard InChI is InChI=1S/C20H32N2O2/c1-15-3-4-17(9-16(15)2)10-22-12-18(19(13-22)14-23)11-21-7-5-20(24)6-8-21/h3-4,9,18-20,23-24H,5-8,10-14H2,1-2H3/t18-,19-/m1/s1. The van der Waals surface area contributed by atoms with Crippen LogP contribution in [0.15, 0.2) is 18.2 Å². The number of nitrogens with zero attached hydrogens (tertiary/aromatic N) is 2. The molecule has 0 spiro atoms. The van der Waals surface area contributed by atoms with Crippen LogP contribution in [0, 0.1) is 25.7 Å². The van der Waals surface area contributed by atoms with Gasteiger partial charge in [0.2, 0.25) is 0 Å². The summed E-state index contributed by atoms with van der Waals surface area (Å²) in [5, 5.41) is 19.4. The highest BCUT2D eigenvalue weighted by molar-refractivity contribution is 5.29. The lowest BCUT2D eigenvalue weighted by Gasteiger charge is -2.32. The van der Waals surface area contributed by atoms with Gasteiger partial charge in [0, 0.05) is 45.9 Å². The first-order valence-electron chi connectivity index (χ1n) is 9.35. The second-order valence-corrected chi connectivity index (χ2v) is 7.85. The van der Waals surface area contributed by atoms with E-state index in [0.717, 1.165) is 52.1 Å². The normalized spacial score (nSPS) is 27.0. The van der Waals surface area contributed by atoms with Gasteiger partial charge in [-0.05, 0) is 55.2 Å². The van der Waals surface area contributed by atoms with Crippen molar-refractivity contribution in [1.82, 2.24) is 9.80 Å². The van der Waals surface area contributed by atoms with E-state index in [1.165, 1.54) is 16.7 Å². The molecule has 0 radical (unpaired) electrons. The summed E-state index contributed by atoms with van der Waals surface area (Å²) in [6.07, 6.45) is 1.67. The highest BCUT2D eigenvalue weighted by atomic mass is 16.3. The molecule has 2 atom stereocenters. The summed E-state index contributed by atoms with van der Waals surface area (Å²) in [5.41, 5.74) is 4.07. The van der Waals surface area contributed by atoms with E-state index in [2.05, 4.69) is 41.8 Å². The number of benzene rings is 1. The summed E-state index contributed by atoms with van der Waals surface area (Å²) in [6.45, 7) is 10.7. The third kappa shape index (κ3) is 4.37. The number of hydrogen-bond acceptors (Lipinski definition) is 4. The third-order valence-electron chi connectivity index (χ3n) is 5.91. The van der Waals surface area contributed by atoms with E-state index in [1.807, 2.05) is 0 Å². The molecule has 0 bridgehead atoms. The summed E-state index contributed by atoms with van der Waals surface area (Å²) in [5.74, 6) is 0.917. The Kier molecular flexibility index (Phi) is 5.93. The Morgan fingerprint density at radius 2 is 1.71 bits per heavy atom.